The number of alkyl halides is 6. The first-order valence-electron chi connectivity index (χ1n) is 8.53. The van der Waals surface area contributed by atoms with E-state index in [1.165, 1.54) is 0 Å². The lowest BCUT2D eigenvalue weighted by molar-refractivity contribution is -0.275. The van der Waals surface area contributed by atoms with Crippen molar-refractivity contribution in [1.29, 1.82) is 0 Å². The van der Waals surface area contributed by atoms with Gasteiger partial charge in [-0.15, -0.1) is 26.3 Å². The van der Waals surface area contributed by atoms with Gasteiger partial charge in [-0.2, -0.15) is 7.94 Å². The van der Waals surface area contributed by atoms with Crippen molar-refractivity contribution in [2.75, 3.05) is 0 Å². The molecule has 0 N–H and O–H groups in total. The molecule has 184 valence electrons. The molecule has 0 atom stereocenters. The van der Waals surface area contributed by atoms with Crippen LogP contribution < -0.4 is 15.2 Å². The maximum absolute atomic E-state index is 12.7. The van der Waals surface area contributed by atoms with Crippen molar-refractivity contribution in [2.45, 2.75) is 22.5 Å². The highest BCUT2D eigenvalue weighted by atomic mass is 32.2. The van der Waals surface area contributed by atoms with Crippen LogP contribution in [0.15, 0.2) is 75.5 Å². The Kier molecular flexibility index (Phi) is 6.21. The molecule has 0 aliphatic rings. The van der Waals surface area contributed by atoms with Crippen molar-refractivity contribution in [3.63, 3.8) is 0 Å². The minimum absolute atomic E-state index is 0.0192. The van der Waals surface area contributed by atoms with Gasteiger partial charge in [0.25, 0.3) is 20.0 Å². The van der Waals surface area contributed by atoms with Crippen LogP contribution in [-0.2, 0) is 20.0 Å². The quantitative estimate of drug-likeness (QED) is 0.449. The van der Waals surface area contributed by atoms with Crippen LogP contribution >= 0.6 is 0 Å². The lowest BCUT2D eigenvalue weighted by Crippen LogP contribution is -2.32. The molecular formula is C17H10F6N2O7S2. The normalized spacial score (nSPS) is 13.0. The minimum atomic E-state index is -5.03. The van der Waals surface area contributed by atoms with E-state index in [-0.39, 0.29) is 7.94 Å². The lowest BCUT2D eigenvalue weighted by Gasteiger charge is -2.10. The predicted molar refractivity (Wildman–Crippen MR) is 100 cm³/mol. The molecule has 0 bridgehead atoms. The number of rotatable bonds is 6. The number of nitrogens with zero attached hydrogens (tertiary/aromatic N) is 2. The molecule has 0 aliphatic carbocycles. The van der Waals surface area contributed by atoms with Crippen LogP contribution in [0.4, 0.5) is 26.3 Å². The van der Waals surface area contributed by atoms with Gasteiger partial charge in [-0.05, 0) is 48.5 Å². The van der Waals surface area contributed by atoms with Crippen molar-refractivity contribution in [1.82, 2.24) is 7.94 Å². The summed E-state index contributed by atoms with van der Waals surface area (Å²) in [6.07, 6.45) is -8.90. The Bertz CT molecular complexity index is 1340. The number of halogens is 6. The van der Waals surface area contributed by atoms with Crippen LogP contribution in [0.5, 0.6) is 11.5 Å². The monoisotopic (exact) mass is 532 g/mol. The number of hydrogen-bond donors (Lipinski definition) is 0. The van der Waals surface area contributed by atoms with Gasteiger partial charge in [0.1, 0.15) is 11.5 Å². The van der Waals surface area contributed by atoms with E-state index in [9.17, 15) is 48.0 Å². The Morgan fingerprint density at radius 2 is 0.882 bits per heavy atom. The predicted octanol–water partition coefficient (Wildman–Crippen LogP) is 2.92. The first-order valence-corrected chi connectivity index (χ1v) is 11.4. The van der Waals surface area contributed by atoms with E-state index in [4.69, 9.17) is 0 Å². The van der Waals surface area contributed by atoms with E-state index in [0.29, 0.717) is 60.9 Å². The summed E-state index contributed by atoms with van der Waals surface area (Å²) in [7, 11) is -9.48. The van der Waals surface area contributed by atoms with Crippen LogP contribution in [0, 0.1) is 0 Å². The Hall–Kier alpha value is -3.47. The Morgan fingerprint density at radius 3 is 1.15 bits per heavy atom. The second-order valence-corrected chi connectivity index (χ2v) is 9.85. The molecule has 3 rings (SSSR count). The molecule has 0 aliphatic heterocycles. The summed E-state index contributed by atoms with van der Waals surface area (Å²) in [6.45, 7) is 0. The third-order valence-corrected chi connectivity index (χ3v) is 7.27. The van der Waals surface area contributed by atoms with E-state index in [0.717, 1.165) is 0 Å². The Labute approximate surface area is 186 Å². The number of benzene rings is 2. The van der Waals surface area contributed by atoms with Crippen LogP contribution in [0.1, 0.15) is 0 Å². The second kappa shape index (κ2) is 8.39. The van der Waals surface area contributed by atoms with Gasteiger partial charge >= 0.3 is 18.4 Å². The summed E-state index contributed by atoms with van der Waals surface area (Å²) in [6, 6.07) is 5.49. The second-order valence-electron chi connectivity index (χ2n) is 6.22. The fraction of sp³-hybridized carbons (Fsp3) is 0.118. The fourth-order valence-electron chi connectivity index (χ4n) is 2.57. The summed E-state index contributed by atoms with van der Waals surface area (Å²) in [4.78, 5) is 11.2. The largest absolute Gasteiger partial charge is 0.573 e. The topological polar surface area (TPSA) is 114 Å². The molecule has 34 heavy (non-hydrogen) atoms. The number of imidazole rings is 1. The first kappa shape index (κ1) is 25.2. The van der Waals surface area contributed by atoms with Gasteiger partial charge in [-0.3, -0.25) is 0 Å². The van der Waals surface area contributed by atoms with Gasteiger partial charge in [0, 0.05) is 12.4 Å². The Morgan fingerprint density at radius 1 is 0.588 bits per heavy atom. The SMILES string of the molecule is O=c1n(S(=O)(=O)c2ccc(OC(F)(F)F)cc2)ccn1S(=O)(=O)c1ccc(OC(F)(F)F)cc1. The van der Waals surface area contributed by atoms with Gasteiger partial charge in [0.15, 0.2) is 0 Å². The van der Waals surface area contributed by atoms with Crippen molar-refractivity contribution >= 4 is 20.0 Å². The summed E-state index contributed by atoms with van der Waals surface area (Å²) in [5.74, 6) is -1.48. The molecule has 3 aromatic rings. The highest BCUT2D eigenvalue weighted by Gasteiger charge is 2.32. The number of aromatic nitrogens is 2. The molecule has 0 saturated carbocycles. The molecule has 0 saturated heterocycles. The average Bonchev–Trinajstić information content (AvgIpc) is 3.09. The van der Waals surface area contributed by atoms with Crippen molar-refractivity contribution in [3.8, 4) is 11.5 Å². The molecule has 1 heterocycles. The van der Waals surface area contributed by atoms with E-state index in [1.54, 1.807) is 0 Å². The first-order chi connectivity index (χ1) is 15.5. The molecule has 0 spiro atoms. The highest BCUT2D eigenvalue weighted by molar-refractivity contribution is 7.90. The maximum Gasteiger partial charge on any atom is 0.573 e. The van der Waals surface area contributed by atoms with Gasteiger partial charge in [0.2, 0.25) is 0 Å². The zero-order valence-corrected chi connectivity index (χ0v) is 17.7. The molecule has 0 fully saturated rings. The standard InChI is InChI=1S/C17H10F6N2O7S2/c18-16(19,20)31-11-1-5-13(6-2-11)33(27,28)24-9-10-25(15(24)26)34(29,30)14-7-3-12(4-8-14)32-17(21,22)23/h1-10H. The fourth-order valence-corrected chi connectivity index (χ4v) is 5.05. The molecule has 0 unspecified atom stereocenters. The molecule has 2 aromatic carbocycles. The molecule has 0 radical (unpaired) electrons. The van der Waals surface area contributed by atoms with Crippen LogP contribution in [0.2, 0.25) is 0 Å². The average molecular weight is 532 g/mol. The van der Waals surface area contributed by atoms with Crippen molar-refractivity contribution in [3.05, 3.63) is 71.4 Å². The molecule has 17 heteroatoms. The zero-order valence-electron chi connectivity index (χ0n) is 16.1. The summed E-state index contributed by atoms with van der Waals surface area (Å²) < 4.78 is 131. The van der Waals surface area contributed by atoms with Crippen LogP contribution in [0.3, 0.4) is 0 Å². The van der Waals surface area contributed by atoms with E-state index in [1.807, 2.05) is 0 Å². The minimum Gasteiger partial charge on any atom is -0.406 e. The third-order valence-electron chi connectivity index (χ3n) is 3.94. The van der Waals surface area contributed by atoms with Crippen LogP contribution in [-0.4, -0.2) is 37.5 Å². The Balaban J connectivity index is 1.94. The van der Waals surface area contributed by atoms with Crippen LogP contribution in [0.25, 0.3) is 0 Å². The number of hydrogen-bond acceptors (Lipinski definition) is 7. The lowest BCUT2D eigenvalue weighted by atomic mass is 10.3. The van der Waals surface area contributed by atoms with E-state index >= 15 is 0 Å². The van der Waals surface area contributed by atoms with E-state index in [2.05, 4.69) is 9.47 Å². The summed E-state index contributed by atoms with van der Waals surface area (Å²) in [5, 5.41) is 0. The maximum atomic E-state index is 12.7. The zero-order chi connectivity index (χ0) is 25.5. The van der Waals surface area contributed by atoms with Crippen molar-refractivity contribution in [2.24, 2.45) is 0 Å². The van der Waals surface area contributed by atoms with Gasteiger partial charge < -0.3 is 9.47 Å². The van der Waals surface area contributed by atoms with Gasteiger partial charge in [-0.25, -0.2) is 21.6 Å². The van der Waals surface area contributed by atoms with Crippen molar-refractivity contribution < 1.29 is 52.7 Å². The third kappa shape index (κ3) is 5.36. The summed E-state index contributed by atoms with van der Waals surface area (Å²) in [5.41, 5.74) is -1.59. The summed E-state index contributed by atoms with van der Waals surface area (Å²) >= 11 is 0. The molecule has 1 aromatic heterocycles. The van der Waals surface area contributed by atoms with Gasteiger partial charge in [-0.1, -0.05) is 0 Å². The smallest absolute Gasteiger partial charge is 0.406 e. The molecule has 0 amide bonds. The molecular weight excluding hydrogens is 522 g/mol. The van der Waals surface area contributed by atoms with Gasteiger partial charge in [0.05, 0.1) is 9.79 Å². The van der Waals surface area contributed by atoms with E-state index < -0.39 is 59.8 Å². The highest BCUT2D eigenvalue weighted by Crippen LogP contribution is 2.26. The number of ether oxygens (including phenoxy) is 2. The molecule has 9 nitrogen and oxygen atoms in total.